The quantitative estimate of drug-likeness (QED) is 0.535. The van der Waals surface area contributed by atoms with Gasteiger partial charge < -0.3 is 19.4 Å². The van der Waals surface area contributed by atoms with Crippen LogP contribution in [0.3, 0.4) is 0 Å². The van der Waals surface area contributed by atoms with Crippen molar-refractivity contribution < 1.29 is 19.1 Å². The van der Waals surface area contributed by atoms with Gasteiger partial charge in [0.25, 0.3) is 0 Å². The second-order valence-electron chi connectivity index (χ2n) is 6.53. The normalized spacial score (nSPS) is 11.0. The number of aromatic nitrogens is 1. The number of nitrogens with one attached hydrogen (secondary N) is 1. The SMILES string of the molecule is CC(=O)Oc1ccccc1C(=O)Oc1cccc2[nH]cc(CCN(C)C)c12. The molecule has 0 saturated heterocycles. The van der Waals surface area contributed by atoms with Gasteiger partial charge in [-0.3, -0.25) is 4.79 Å². The largest absolute Gasteiger partial charge is 0.426 e. The van der Waals surface area contributed by atoms with Crippen LogP contribution in [0.4, 0.5) is 0 Å². The van der Waals surface area contributed by atoms with Gasteiger partial charge >= 0.3 is 11.9 Å². The van der Waals surface area contributed by atoms with Crippen LogP contribution in [0.5, 0.6) is 11.5 Å². The highest BCUT2D eigenvalue weighted by Crippen LogP contribution is 2.30. The van der Waals surface area contributed by atoms with Gasteiger partial charge in [0.15, 0.2) is 0 Å². The summed E-state index contributed by atoms with van der Waals surface area (Å²) in [6.45, 7) is 2.17. The number of ether oxygens (including phenoxy) is 2. The van der Waals surface area contributed by atoms with Crippen LogP contribution in [-0.4, -0.2) is 42.5 Å². The van der Waals surface area contributed by atoms with Crippen molar-refractivity contribution in [2.24, 2.45) is 0 Å². The number of carbonyl (C=O) groups is 2. The first-order valence-electron chi connectivity index (χ1n) is 8.69. The van der Waals surface area contributed by atoms with Crippen LogP contribution in [-0.2, 0) is 11.2 Å². The summed E-state index contributed by atoms with van der Waals surface area (Å²) in [5.41, 5.74) is 2.19. The van der Waals surface area contributed by atoms with Gasteiger partial charge in [-0.05, 0) is 50.3 Å². The van der Waals surface area contributed by atoms with Crippen LogP contribution in [0.15, 0.2) is 48.7 Å². The van der Waals surface area contributed by atoms with Gasteiger partial charge in [0.2, 0.25) is 0 Å². The zero-order chi connectivity index (χ0) is 19.4. The molecule has 0 aliphatic heterocycles. The number of hydrogen-bond acceptors (Lipinski definition) is 5. The number of esters is 2. The minimum atomic E-state index is -0.570. The van der Waals surface area contributed by atoms with Crippen LogP contribution in [0.25, 0.3) is 10.9 Å². The standard InChI is InChI=1S/C21H22N2O4/c1-14(24)26-18-9-5-4-7-16(18)21(25)27-19-10-6-8-17-20(19)15(13-22-17)11-12-23(2)3/h4-10,13,22H,11-12H2,1-3H3. The summed E-state index contributed by atoms with van der Waals surface area (Å²) < 4.78 is 10.8. The van der Waals surface area contributed by atoms with E-state index in [1.165, 1.54) is 6.92 Å². The summed E-state index contributed by atoms with van der Waals surface area (Å²) in [6, 6.07) is 12.1. The van der Waals surface area contributed by atoms with Gasteiger partial charge in [-0.1, -0.05) is 18.2 Å². The number of hydrogen-bond donors (Lipinski definition) is 1. The molecule has 0 atom stereocenters. The molecular formula is C21H22N2O4. The van der Waals surface area contributed by atoms with E-state index in [9.17, 15) is 9.59 Å². The zero-order valence-electron chi connectivity index (χ0n) is 15.6. The Morgan fingerprint density at radius 1 is 1.00 bits per heavy atom. The first-order valence-corrected chi connectivity index (χ1v) is 8.69. The molecule has 2 aromatic carbocycles. The first kappa shape index (κ1) is 18.7. The molecule has 3 aromatic rings. The number of H-pyrrole nitrogens is 1. The Kier molecular flexibility index (Phi) is 5.57. The third-order valence-corrected chi connectivity index (χ3v) is 4.14. The molecule has 0 aliphatic rings. The highest BCUT2D eigenvalue weighted by molar-refractivity contribution is 5.98. The lowest BCUT2D eigenvalue weighted by molar-refractivity contribution is -0.131. The molecule has 6 heteroatoms. The number of likely N-dealkylation sites (N-methyl/N-ethyl adjacent to an activating group) is 1. The molecule has 0 unspecified atom stereocenters. The number of benzene rings is 2. The fourth-order valence-electron chi connectivity index (χ4n) is 2.88. The molecule has 140 valence electrons. The van der Waals surface area contributed by atoms with E-state index >= 15 is 0 Å². The molecule has 0 aliphatic carbocycles. The maximum Gasteiger partial charge on any atom is 0.347 e. The second-order valence-corrected chi connectivity index (χ2v) is 6.53. The molecule has 0 fully saturated rings. The molecule has 1 heterocycles. The highest BCUT2D eigenvalue weighted by Gasteiger charge is 2.18. The molecule has 1 N–H and O–H groups in total. The van der Waals surface area contributed by atoms with Gasteiger partial charge in [0.1, 0.15) is 17.1 Å². The number of para-hydroxylation sites is 1. The zero-order valence-corrected chi connectivity index (χ0v) is 15.6. The van der Waals surface area contributed by atoms with Gasteiger partial charge in [-0.2, -0.15) is 0 Å². The Balaban J connectivity index is 1.92. The van der Waals surface area contributed by atoms with E-state index in [1.807, 2.05) is 32.4 Å². The van der Waals surface area contributed by atoms with E-state index in [0.29, 0.717) is 5.75 Å². The Morgan fingerprint density at radius 2 is 1.74 bits per heavy atom. The highest BCUT2D eigenvalue weighted by atomic mass is 16.5. The van der Waals surface area contributed by atoms with Gasteiger partial charge in [0, 0.05) is 30.6 Å². The lowest BCUT2D eigenvalue weighted by atomic mass is 10.1. The minimum Gasteiger partial charge on any atom is -0.426 e. The van der Waals surface area contributed by atoms with Crippen molar-refractivity contribution in [1.82, 2.24) is 9.88 Å². The van der Waals surface area contributed by atoms with Crippen molar-refractivity contribution >= 4 is 22.8 Å². The van der Waals surface area contributed by atoms with Crippen LogP contribution >= 0.6 is 0 Å². The Morgan fingerprint density at radius 3 is 2.48 bits per heavy atom. The van der Waals surface area contributed by atoms with Crippen molar-refractivity contribution in [3.63, 3.8) is 0 Å². The van der Waals surface area contributed by atoms with Crippen LogP contribution in [0, 0.1) is 0 Å². The Labute approximate surface area is 157 Å². The summed E-state index contributed by atoms with van der Waals surface area (Å²) in [5, 5.41) is 0.887. The van der Waals surface area contributed by atoms with Crippen LogP contribution in [0.1, 0.15) is 22.8 Å². The van der Waals surface area contributed by atoms with E-state index in [0.717, 1.165) is 29.4 Å². The average Bonchev–Trinajstić information content (AvgIpc) is 3.04. The third kappa shape index (κ3) is 4.35. The number of nitrogens with zero attached hydrogens (tertiary/aromatic N) is 1. The summed E-state index contributed by atoms with van der Waals surface area (Å²) in [5.74, 6) is -0.401. The maximum absolute atomic E-state index is 12.7. The molecule has 6 nitrogen and oxygen atoms in total. The number of carbonyl (C=O) groups excluding carboxylic acids is 2. The van der Waals surface area contributed by atoms with E-state index in [1.54, 1.807) is 30.3 Å². The fourth-order valence-corrected chi connectivity index (χ4v) is 2.88. The smallest absolute Gasteiger partial charge is 0.347 e. The predicted octanol–water partition coefficient (Wildman–Crippen LogP) is 3.42. The van der Waals surface area contributed by atoms with E-state index < -0.39 is 11.9 Å². The topological polar surface area (TPSA) is 71.6 Å². The third-order valence-electron chi connectivity index (χ3n) is 4.14. The van der Waals surface area contributed by atoms with E-state index in [4.69, 9.17) is 9.47 Å². The lowest BCUT2D eigenvalue weighted by Gasteiger charge is -2.11. The summed E-state index contributed by atoms with van der Waals surface area (Å²) in [7, 11) is 4.03. The number of fused-ring (bicyclic) bond motifs is 1. The molecule has 0 radical (unpaired) electrons. The monoisotopic (exact) mass is 366 g/mol. The van der Waals surface area contributed by atoms with Crippen molar-refractivity contribution in [2.75, 3.05) is 20.6 Å². The second kappa shape index (κ2) is 8.05. The molecule has 27 heavy (non-hydrogen) atoms. The summed E-state index contributed by atoms with van der Waals surface area (Å²) in [4.78, 5) is 29.3. The van der Waals surface area contributed by atoms with E-state index in [2.05, 4.69) is 9.88 Å². The lowest BCUT2D eigenvalue weighted by Crippen LogP contribution is -2.15. The minimum absolute atomic E-state index is 0.184. The summed E-state index contributed by atoms with van der Waals surface area (Å²) >= 11 is 0. The fraction of sp³-hybridized carbons (Fsp3) is 0.238. The van der Waals surface area contributed by atoms with Crippen molar-refractivity contribution in [1.29, 1.82) is 0 Å². The number of rotatable bonds is 6. The average molecular weight is 366 g/mol. The Bertz CT molecular complexity index is 975. The molecular weight excluding hydrogens is 344 g/mol. The van der Waals surface area contributed by atoms with Crippen LogP contribution in [0.2, 0.25) is 0 Å². The van der Waals surface area contributed by atoms with E-state index in [-0.39, 0.29) is 11.3 Å². The molecule has 0 amide bonds. The van der Waals surface area contributed by atoms with Crippen molar-refractivity contribution in [2.45, 2.75) is 13.3 Å². The molecule has 0 saturated carbocycles. The first-order chi connectivity index (χ1) is 13.0. The summed E-state index contributed by atoms with van der Waals surface area (Å²) in [6.07, 6.45) is 2.77. The van der Waals surface area contributed by atoms with Crippen LogP contribution < -0.4 is 9.47 Å². The van der Waals surface area contributed by atoms with Gasteiger partial charge in [0.05, 0.1) is 0 Å². The molecule has 0 bridgehead atoms. The van der Waals surface area contributed by atoms with Crippen molar-refractivity contribution in [3.8, 4) is 11.5 Å². The molecule has 1 aromatic heterocycles. The molecule has 0 spiro atoms. The predicted molar refractivity (Wildman–Crippen MR) is 103 cm³/mol. The Hall–Kier alpha value is -3.12. The number of aromatic amines is 1. The van der Waals surface area contributed by atoms with Crippen molar-refractivity contribution in [3.05, 3.63) is 59.8 Å². The van der Waals surface area contributed by atoms with Gasteiger partial charge in [-0.15, -0.1) is 0 Å². The van der Waals surface area contributed by atoms with Gasteiger partial charge in [-0.25, -0.2) is 4.79 Å². The molecule has 3 rings (SSSR count). The maximum atomic E-state index is 12.7.